The Bertz CT molecular complexity index is 610. The molecule has 1 aromatic heterocycles. The van der Waals surface area contributed by atoms with Crippen LogP contribution in [-0.2, 0) is 24.6 Å². The van der Waals surface area contributed by atoms with E-state index in [-0.39, 0.29) is 5.97 Å². The van der Waals surface area contributed by atoms with E-state index in [1.165, 1.54) is 30.2 Å². The zero-order valence-corrected chi connectivity index (χ0v) is 10.1. The maximum absolute atomic E-state index is 11.8. The molecular weight excluding hydrogens is 214 g/mol. The molecule has 0 saturated heterocycles. The molecule has 0 fully saturated rings. The smallest absolute Gasteiger partial charge is 0.340 e. The summed E-state index contributed by atoms with van der Waals surface area (Å²) in [5.41, 5.74) is 4.47. The molecular formula is C14H15NO2. The molecule has 0 atom stereocenters. The summed E-state index contributed by atoms with van der Waals surface area (Å²) in [5.74, 6) is -0.255. The Balaban J connectivity index is 2.37. The van der Waals surface area contributed by atoms with E-state index in [1.54, 1.807) is 0 Å². The highest BCUT2D eigenvalue weighted by Gasteiger charge is 2.23. The topological polar surface area (TPSA) is 31.2 Å². The van der Waals surface area contributed by atoms with Gasteiger partial charge in [-0.2, -0.15) is 0 Å². The Hall–Kier alpha value is -1.77. The normalized spacial score (nSPS) is 14.0. The van der Waals surface area contributed by atoms with Gasteiger partial charge < -0.3 is 9.30 Å². The highest BCUT2D eigenvalue weighted by atomic mass is 16.5. The quantitative estimate of drug-likeness (QED) is 0.703. The maximum Gasteiger partial charge on any atom is 0.340 e. The largest absolute Gasteiger partial charge is 0.465 e. The fourth-order valence-corrected chi connectivity index (χ4v) is 2.95. The number of carbonyl (C=O) groups is 1. The Morgan fingerprint density at radius 3 is 2.94 bits per heavy atom. The number of hydrogen-bond acceptors (Lipinski definition) is 2. The number of benzene rings is 1. The lowest BCUT2D eigenvalue weighted by atomic mass is 10.1. The summed E-state index contributed by atoms with van der Waals surface area (Å²) in [6.45, 7) is 0. The van der Waals surface area contributed by atoms with Crippen molar-refractivity contribution in [3.8, 4) is 0 Å². The van der Waals surface area contributed by atoms with Gasteiger partial charge in [0, 0.05) is 18.1 Å². The van der Waals surface area contributed by atoms with Crippen LogP contribution in [-0.4, -0.2) is 17.6 Å². The van der Waals surface area contributed by atoms with E-state index in [9.17, 15) is 4.79 Å². The number of aryl methyl sites for hydroxylation is 2. The third kappa shape index (κ3) is 1.32. The standard InChI is InChI=1S/C14H15NO2/c1-15-12-8-4-5-9(12)10-6-3-7-11(13(10)15)14(16)17-2/h3,6-7H,4-5,8H2,1-2H3. The summed E-state index contributed by atoms with van der Waals surface area (Å²) in [5, 5.41) is 1.21. The van der Waals surface area contributed by atoms with Gasteiger partial charge >= 0.3 is 5.97 Å². The zero-order chi connectivity index (χ0) is 12.0. The lowest BCUT2D eigenvalue weighted by molar-refractivity contribution is 0.0602. The van der Waals surface area contributed by atoms with Crippen LogP contribution in [0, 0.1) is 0 Å². The number of methoxy groups -OCH3 is 1. The molecule has 0 amide bonds. The highest BCUT2D eigenvalue weighted by molar-refractivity contribution is 6.04. The molecule has 1 aliphatic rings. The van der Waals surface area contributed by atoms with Gasteiger partial charge in [0.05, 0.1) is 18.2 Å². The number of carbonyl (C=O) groups excluding carboxylic acids is 1. The van der Waals surface area contributed by atoms with Crippen LogP contribution in [0.15, 0.2) is 18.2 Å². The lowest BCUT2D eigenvalue weighted by Crippen LogP contribution is -2.05. The van der Waals surface area contributed by atoms with Crippen molar-refractivity contribution in [3.05, 3.63) is 35.0 Å². The number of rotatable bonds is 1. The molecule has 0 bridgehead atoms. The van der Waals surface area contributed by atoms with E-state index >= 15 is 0 Å². The van der Waals surface area contributed by atoms with Gasteiger partial charge in [-0.15, -0.1) is 0 Å². The summed E-state index contributed by atoms with van der Waals surface area (Å²) >= 11 is 0. The molecule has 0 saturated carbocycles. The molecule has 3 rings (SSSR count). The first-order chi connectivity index (χ1) is 8.24. The number of fused-ring (bicyclic) bond motifs is 3. The van der Waals surface area contributed by atoms with Crippen LogP contribution in [0.3, 0.4) is 0 Å². The number of hydrogen-bond donors (Lipinski definition) is 0. The molecule has 88 valence electrons. The van der Waals surface area contributed by atoms with Crippen LogP contribution in [0.5, 0.6) is 0 Å². The number of para-hydroxylation sites is 1. The third-order valence-corrected chi connectivity index (χ3v) is 3.70. The van der Waals surface area contributed by atoms with Crippen LogP contribution < -0.4 is 0 Å². The van der Waals surface area contributed by atoms with Crippen molar-refractivity contribution in [3.63, 3.8) is 0 Å². The summed E-state index contributed by atoms with van der Waals surface area (Å²) in [7, 11) is 3.47. The third-order valence-electron chi connectivity index (χ3n) is 3.70. The first-order valence-corrected chi connectivity index (χ1v) is 5.91. The van der Waals surface area contributed by atoms with E-state index in [2.05, 4.69) is 10.6 Å². The Morgan fingerprint density at radius 2 is 2.18 bits per heavy atom. The van der Waals surface area contributed by atoms with Crippen molar-refractivity contribution < 1.29 is 9.53 Å². The molecule has 0 spiro atoms. The summed E-state index contributed by atoms with van der Waals surface area (Å²) in [6.07, 6.45) is 3.45. The summed E-state index contributed by atoms with van der Waals surface area (Å²) in [6, 6.07) is 5.88. The minimum atomic E-state index is -0.255. The predicted molar refractivity (Wildman–Crippen MR) is 66.3 cm³/mol. The van der Waals surface area contributed by atoms with Gasteiger partial charge in [-0.25, -0.2) is 4.79 Å². The second-order valence-electron chi connectivity index (χ2n) is 4.53. The molecule has 1 aromatic carbocycles. The van der Waals surface area contributed by atoms with Crippen molar-refractivity contribution >= 4 is 16.9 Å². The summed E-state index contributed by atoms with van der Waals surface area (Å²) < 4.78 is 7.00. The first-order valence-electron chi connectivity index (χ1n) is 5.91. The monoisotopic (exact) mass is 229 g/mol. The lowest BCUT2D eigenvalue weighted by Gasteiger charge is -2.06. The fraction of sp³-hybridized carbons (Fsp3) is 0.357. The van der Waals surface area contributed by atoms with Gasteiger partial charge in [-0.1, -0.05) is 12.1 Å². The predicted octanol–water partition coefficient (Wildman–Crippen LogP) is 2.45. The molecule has 0 aliphatic heterocycles. The Labute approximate surface area is 100.0 Å². The van der Waals surface area contributed by atoms with Crippen LogP contribution in [0.1, 0.15) is 28.0 Å². The minimum absolute atomic E-state index is 0.255. The molecule has 2 aromatic rings. The van der Waals surface area contributed by atoms with Crippen molar-refractivity contribution in [1.29, 1.82) is 0 Å². The molecule has 3 heteroatoms. The van der Waals surface area contributed by atoms with E-state index in [1.807, 2.05) is 19.2 Å². The van der Waals surface area contributed by atoms with Crippen LogP contribution in [0.25, 0.3) is 10.9 Å². The van der Waals surface area contributed by atoms with E-state index in [0.717, 1.165) is 18.4 Å². The molecule has 1 aliphatic carbocycles. The van der Waals surface area contributed by atoms with Crippen LogP contribution >= 0.6 is 0 Å². The number of nitrogens with zero attached hydrogens (tertiary/aromatic N) is 1. The van der Waals surface area contributed by atoms with E-state index < -0.39 is 0 Å². The second kappa shape index (κ2) is 3.62. The second-order valence-corrected chi connectivity index (χ2v) is 4.53. The van der Waals surface area contributed by atoms with E-state index in [4.69, 9.17) is 4.74 Å². The van der Waals surface area contributed by atoms with Crippen LogP contribution in [0.2, 0.25) is 0 Å². The zero-order valence-electron chi connectivity index (χ0n) is 10.1. The molecule has 0 radical (unpaired) electrons. The van der Waals surface area contributed by atoms with Gasteiger partial charge in [0.15, 0.2) is 0 Å². The van der Waals surface area contributed by atoms with Gasteiger partial charge in [-0.3, -0.25) is 0 Å². The minimum Gasteiger partial charge on any atom is -0.465 e. The van der Waals surface area contributed by atoms with Gasteiger partial charge in [-0.05, 0) is 30.9 Å². The van der Waals surface area contributed by atoms with Gasteiger partial charge in [0.2, 0.25) is 0 Å². The number of esters is 1. The molecule has 0 unspecified atom stereocenters. The fourth-order valence-electron chi connectivity index (χ4n) is 2.95. The first kappa shape index (κ1) is 10.4. The molecule has 0 N–H and O–H groups in total. The average Bonchev–Trinajstić information content (AvgIpc) is 2.93. The number of ether oxygens (including phenoxy) is 1. The van der Waals surface area contributed by atoms with Gasteiger partial charge in [0.1, 0.15) is 0 Å². The maximum atomic E-state index is 11.8. The van der Waals surface area contributed by atoms with Crippen molar-refractivity contribution in [2.24, 2.45) is 7.05 Å². The average molecular weight is 229 g/mol. The Kier molecular flexibility index (Phi) is 2.21. The van der Waals surface area contributed by atoms with Crippen molar-refractivity contribution in [1.82, 2.24) is 4.57 Å². The van der Waals surface area contributed by atoms with Crippen molar-refractivity contribution in [2.75, 3.05) is 7.11 Å². The molecule has 1 heterocycles. The van der Waals surface area contributed by atoms with E-state index in [0.29, 0.717) is 5.56 Å². The van der Waals surface area contributed by atoms with Crippen LogP contribution in [0.4, 0.5) is 0 Å². The number of aromatic nitrogens is 1. The van der Waals surface area contributed by atoms with Crippen molar-refractivity contribution in [2.45, 2.75) is 19.3 Å². The Morgan fingerprint density at radius 1 is 1.35 bits per heavy atom. The van der Waals surface area contributed by atoms with Gasteiger partial charge in [0.25, 0.3) is 0 Å². The molecule has 17 heavy (non-hydrogen) atoms. The highest BCUT2D eigenvalue weighted by Crippen LogP contribution is 2.33. The molecule has 3 nitrogen and oxygen atoms in total. The SMILES string of the molecule is COC(=O)c1cccc2c3c(n(C)c12)CCC3. The summed E-state index contributed by atoms with van der Waals surface area (Å²) in [4.78, 5) is 11.8.